The molecule has 0 aliphatic carbocycles. The minimum Gasteiger partial charge on any atom is -0.464 e. The van der Waals surface area contributed by atoms with Gasteiger partial charge in [-0.1, -0.05) is 28.1 Å². The van der Waals surface area contributed by atoms with Crippen molar-refractivity contribution in [2.75, 3.05) is 5.32 Å². The number of carbonyl (C=O) groups is 1. The summed E-state index contributed by atoms with van der Waals surface area (Å²) >= 11 is 3.37. The molecule has 0 unspecified atom stereocenters. The SMILES string of the molecule is Cc1ccc2c(CC(=O)Nc3ccc(Br)cc3)coc2c1C. The Balaban J connectivity index is 1.79. The topological polar surface area (TPSA) is 42.2 Å². The Kier molecular flexibility index (Phi) is 4.03. The normalized spacial score (nSPS) is 10.9. The van der Waals surface area contributed by atoms with Gasteiger partial charge in [0, 0.05) is 21.1 Å². The highest BCUT2D eigenvalue weighted by molar-refractivity contribution is 9.10. The molecule has 1 amide bonds. The Bertz CT molecular complexity index is 834. The highest BCUT2D eigenvalue weighted by atomic mass is 79.9. The lowest BCUT2D eigenvalue weighted by molar-refractivity contribution is -0.115. The van der Waals surface area contributed by atoms with Crippen molar-refractivity contribution in [3.8, 4) is 0 Å². The summed E-state index contributed by atoms with van der Waals surface area (Å²) in [5, 5.41) is 3.91. The van der Waals surface area contributed by atoms with Crippen LogP contribution in [0, 0.1) is 13.8 Å². The van der Waals surface area contributed by atoms with Gasteiger partial charge in [-0.2, -0.15) is 0 Å². The maximum atomic E-state index is 12.2. The van der Waals surface area contributed by atoms with Crippen LogP contribution in [0.25, 0.3) is 11.0 Å². The minimum atomic E-state index is -0.0525. The largest absolute Gasteiger partial charge is 0.464 e. The molecule has 1 aromatic heterocycles. The molecule has 0 fully saturated rings. The molecule has 22 heavy (non-hydrogen) atoms. The van der Waals surface area contributed by atoms with Crippen molar-refractivity contribution in [3.05, 3.63) is 63.8 Å². The summed E-state index contributed by atoms with van der Waals surface area (Å²) in [7, 11) is 0. The summed E-state index contributed by atoms with van der Waals surface area (Å²) in [6, 6.07) is 11.6. The molecular weight excluding hydrogens is 342 g/mol. The fraction of sp³-hybridized carbons (Fsp3) is 0.167. The Hall–Kier alpha value is -2.07. The molecule has 3 rings (SSSR count). The molecule has 0 atom stereocenters. The molecule has 3 aromatic rings. The number of aryl methyl sites for hydroxylation is 2. The van der Waals surface area contributed by atoms with E-state index in [1.165, 1.54) is 5.56 Å². The summed E-state index contributed by atoms with van der Waals surface area (Å²) in [4.78, 5) is 12.2. The first-order chi connectivity index (χ1) is 10.5. The van der Waals surface area contributed by atoms with Gasteiger partial charge in [-0.3, -0.25) is 4.79 Å². The molecule has 2 aromatic carbocycles. The smallest absolute Gasteiger partial charge is 0.228 e. The van der Waals surface area contributed by atoms with Crippen molar-refractivity contribution in [1.29, 1.82) is 0 Å². The predicted octanol–water partition coefficient (Wildman–Crippen LogP) is 4.99. The maximum absolute atomic E-state index is 12.2. The second-order valence-electron chi connectivity index (χ2n) is 5.38. The van der Waals surface area contributed by atoms with Gasteiger partial charge in [0.05, 0.1) is 12.7 Å². The Morgan fingerprint density at radius 1 is 1.14 bits per heavy atom. The minimum absolute atomic E-state index is 0.0525. The summed E-state index contributed by atoms with van der Waals surface area (Å²) in [5.41, 5.74) is 4.87. The van der Waals surface area contributed by atoms with E-state index in [2.05, 4.69) is 34.2 Å². The molecule has 0 aliphatic heterocycles. The number of hydrogen-bond donors (Lipinski definition) is 1. The molecule has 0 saturated carbocycles. The van der Waals surface area contributed by atoms with Crippen LogP contribution < -0.4 is 5.32 Å². The predicted molar refractivity (Wildman–Crippen MR) is 92.2 cm³/mol. The second kappa shape index (κ2) is 5.97. The van der Waals surface area contributed by atoms with Gasteiger partial charge < -0.3 is 9.73 Å². The van der Waals surface area contributed by atoms with Gasteiger partial charge in [-0.25, -0.2) is 0 Å². The van der Waals surface area contributed by atoms with Gasteiger partial charge in [0.25, 0.3) is 0 Å². The number of fused-ring (bicyclic) bond motifs is 1. The van der Waals surface area contributed by atoms with Crippen molar-refractivity contribution in [2.45, 2.75) is 20.3 Å². The number of carbonyl (C=O) groups excluding carboxylic acids is 1. The first-order valence-corrected chi connectivity index (χ1v) is 7.85. The molecule has 0 saturated heterocycles. The molecule has 1 heterocycles. The molecule has 0 aliphatic rings. The maximum Gasteiger partial charge on any atom is 0.228 e. The molecule has 4 heteroatoms. The summed E-state index contributed by atoms with van der Waals surface area (Å²) in [6.45, 7) is 4.09. The highest BCUT2D eigenvalue weighted by Gasteiger charge is 2.13. The number of amides is 1. The number of rotatable bonds is 3. The van der Waals surface area contributed by atoms with Gasteiger partial charge in [0.15, 0.2) is 0 Å². The second-order valence-corrected chi connectivity index (χ2v) is 6.29. The zero-order valence-electron chi connectivity index (χ0n) is 12.4. The molecule has 3 nitrogen and oxygen atoms in total. The molecule has 112 valence electrons. The van der Waals surface area contributed by atoms with E-state index in [9.17, 15) is 4.79 Å². The lowest BCUT2D eigenvalue weighted by Gasteiger charge is -2.05. The molecule has 0 bridgehead atoms. The third kappa shape index (κ3) is 2.92. The molecular formula is C18H16BrNO2. The first-order valence-electron chi connectivity index (χ1n) is 7.06. The van der Waals surface area contributed by atoms with Crippen molar-refractivity contribution < 1.29 is 9.21 Å². The van der Waals surface area contributed by atoms with E-state index in [1.807, 2.05) is 37.3 Å². The Labute approximate surface area is 137 Å². The van der Waals surface area contributed by atoms with Gasteiger partial charge in [-0.15, -0.1) is 0 Å². The zero-order valence-corrected chi connectivity index (χ0v) is 14.0. The average Bonchev–Trinajstić information content (AvgIpc) is 2.89. The average molecular weight is 358 g/mol. The molecule has 1 N–H and O–H groups in total. The summed E-state index contributed by atoms with van der Waals surface area (Å²) < 4.78 is 6.62. The van der Waals surface area contributed by atoms with Crippen molar-refractivity contribution in [3.63, 3.8) is 0 Å². The number of hydrogen-bond acceptors (Lipinski definition) is 2. The van der Waals surface area contributed by atoms with Crippen molar-refractivity contribution in [2.24, 2.45) is 0 Å². The lowest BCUT2D eigenvalue weighted by atomic mass is 10.0. The number of halogens is 1. The number of furan rings is 1. The summed E-state index contributed by atoms with van der Waals surface area (Å²) in [6.07, 6.45) is 1.98. The van der Waals surface area contributed by atoms with Crippen LogP contribution in [0.2, 0.25) is 0 Å². The van der Waals surface area contributed by atoms with Crippen LogP contribution >= 0.6 is 15.9 Å². The van der Waals surface area contributed by atoms with Crippen LogP contribution in [-0.4, -0.2) is 5.91 Å². The Morgan fingerprint density at radius 2 is 1.86 bits per heavy atom. The van der Waals surface area contributed by atoms with Crippen LogP contribution in [-0.2, 0) is 11.2 Å². The van der Waals surface area contributed by atoms with E-state index in [1.54, 1.807) is 6.26 Å². The number of nitrogens with one attached hydrogen (secondary N) is 1. The van der Waals surface area contributed by atoms with Crippen LogP contribution in [0.3, 0.4) is 0 Å². The quantitative estimate of drug-likeness (QED) is 0.716. The fourth-order valence-corrected chi connectivity index (χ4v) is 2.70. The zero-order chi connectivity index (χ0) is 15.7. The van der Waals surface area contributed by atoms with E-state index in [0.717, 1.165) is 32.3 Å². The molecule has 0 radical (unpaired) electrons. The van der Waals surface area contributed by atoms with Crippen LogP contribution in [0.1, 0.15) is 16.7 Å². The fourth-order valence-electron chi connectivity index (χ4n) is 2.44. The van der Waals surface area contributed by atoms with Gasteiger partial charge in [-0.05, 0) is 49.2 Å². The Morgan fingerprint density at radius 3 is 2.59 bits per heavy atom. The van der Waals surface area contributed by atoms with Crippen molar-refractivity contribution >= 4 is 38.5 Å². The van der Waals surface area contributed by atoms with E-state index in [0.29, 0.717) is 6.42 Å². The third-order valence-corrected chi connectivity index (χ3v) is 4.35. The lowest BCUT2D eigenvalue weighted by Crippen LogP contribution is -2.14. The third-order valence-electron chi connectivity index (χ3n) is 3.82. The van der Waals surface area contributed by atoms with Crippen LogP contribution in [0.5, 0.6) is 0 Å². The number of benzene rings is 2. The van der Waals surface area contributed by atoms with Gasteiger partial charge in [0.1, 0.15) is 5.58 Å². The van der Waals surface area contributed by atoms with E-state index < -0.39 is 0 Å². The van der Waals surface area contributed by atoms with E-state index in [-0.39, 0.29) is 5.91 Å². The first kappa shape index (κ1) is 14.9. The number of anilines is 1. The summed E-state index contributed by atoms with van der Waals surface area (Å²) in [5.74, 6) is -0.0525. The van der Waals surface area contributed by atoms with Crippen LogP contribution in [0.4, 0.5) is 5.69 Å². The van der Waals surface area contributed by atoms with Crippen LogP contribution in [0.15, 0.2) is 51.6 Å². The van der Waals surface area contributed by atoms with E-state index >= 15 is 0 Å². The standard InChI is InChI=1S/C18H16BrNO2/c1-11-3-8-16-13(10-22-18(16)12(11)2)9-17(21)20-15-6-4-14(19)5-7-15/h3-8,10H,9H2,1-2H3,(H,20,21). The van der Waals surface area contributed by atoms with E-state index in [4.69, 9.17) is 4.42 Å². The van der Waals surface area contributed by atoms with Crippen molar-refractivity contribution in [1.82, 2.24) is 0 Å². The van der Waals surface area contributed by atoms with Gasteiger partial charge >= 0.3 is 0 Å². The van der Waals surface area contributed by atoms with Gasteiger partial charge in [0.2, 0.25) is 5.91 Å². The highest BCUT2D eigenvalue weighted by Crippen LogP contribution is 2.27. The molecule has 0 spiro atoms. The monoisotopic (exact) mass is 357 g/mol.